The maximum absolute atomic E-state index is 13.0. The standard InChI is InChI=1S/C21H18F3N7OS/c1-11-7-13(15-5-6-26-20(30-15)28-14-9-27-31(2)10-14)4-3-12(11)8-16-17(18(25)32)33-19(29-16)21(22,23)24/h3-7,9-10H,8H2,1-2H3,(H2,25,32)(H,26,28,30). The number of aryl methyl sites for hydroxylation is 2. The predicted molar refractivity (Wildman–Crippen MR) is 117 cm³/mol. The molecule has 0 aliphatic carbocycles. The third kappa shape index (κ3) is 5.00. The van der Waals surface area contributed by atoms with Crippen LogP contribution in [0.25, 0.3) is 11.3 Å². The molecule has 0 spiro atoms. The number of carbonyl (C=O) groups is 1. The number of hydrogen-bond donors (Lipinski definition) is 2. The van der Waals surface area contributed by atoms with Gasteiger partial charge in [-0.05, 0) is 30.2 Å². The minimum Gasteiger partial charge on any atom is -0.365 e. The molecule has 0 bridgehead atoms. The normalized spacial score (nSPS) is 11.5. The van der Waals surface area contributed by atoms with Crippen LogP contribution < -0.4 is 11.1 Å². The van der Waals surface area contributed by atoms with Gasteiger partial charge in [0.2, 0.25) is 5.95 Å². The summed E-state index contributed by atoms with van der Waals surface area (Å²) < 4.78 is 40.8. The van der Waals surface area contributed by atoms with Crippen molar-refractivity contribution in [3.8, 4) is 11.3 Å². The van der Waals surface area contributed by atoms with Crippen molar-refractivity contribution in [2.75, 3.05) is 5.32 Å². The van der Waals surface area contributed by atoms with E-state index < -0.39 is 17.1 Å². The summed E-state index contributed by atoms with van der Waals surface area (Å²) in [7, 11) is 1.80. The molecule has 0 unspecified atom stereocenters. The van der Waals surface area contributed by atoms with Crippen LogP contribution in [0.15, 0.2) is 42.9 Å². The molecule has 1 aromatic carbocycles. The highest BCUT2D eigenvalue weighted by Gasteiger charge is 2.36. The number of carbonyl (C=O) groups excluding carboxylic acids is 1. The van der Waals surface area contributed by atoms with Gasteiger partial charge in [-0.3, -0.25) is 9.48 Å². The Bertz CT molecular complexity index is 1330. The number of rotatable bonds is 6. The van der Waals surface area contributed by atoms with Gasteiger partial charge in [0.15, 0.2) is 5.01 Å². The number of halogens is 3. The number of hydrogen-bond acceptors (Lipinski definition) is 7. The van der Waals surface area contributed by atoms with Gasteiger partial charge in [0.05, 0.1) is 23.3 Å². The SMILES string of the molecule is Cc1cc(-c2ccnc(Nc3cnn(C)c3)n2)ccc1Cc1nc(C(F)(F)F)sc1C(N)=O. The van der Waals surface area contributed by atoms with Gasteiger partial charge in [-0.25, -0.2) is 15.0 Å². The number of aromatic nitrogens is 5. The highest BCUT2D eigenvalue weighted by atomic mass is 32.1. The maximum atomic E-state index is 13.0. The molecular formula is C21H18F3N7OS. The summed E-state index contributed by atoms with van der Waals surface area (Å²) in [4.78, 5) is 23.8. The molecule has 0 saturated heterocycles. The molecule has 0 aliphatic rings. The predicted octanol–water partition coefficient (Wildman–Crippen LogP) is 4.09. The van der Waals surface area contributed by atoms with E-state index in [1.165, 1.54) is 0 Å². The fourth-order valence-corrected chi connectivity index (χ4v) is 4.01. The molecule has 170 valence electrons. The number of alkyl halides is 3. The quantitative estimate of drug-likeness (QED) is 0.436. The fraction of sp³-hybridized carbons (Fsp3) is 0.190. The van der Waals surface area contributed by atoms with Gasteiger partial charge in [0.25, 0.3) is 5.91 Å². The third-order valence-corrected chi connectivity index (χ3v) is 5.93. The summed E-state index contributed by atoms with van der Waals surface area (Å²) in [6, 6.07) is 7.20. The zero-order valence-electron chi connectivity index (χ0n) is 17.5. The Hall–Kier alpha value is -3.80. The van der Waals surface area contributed by atoms with Gasteiger partial charge in [0, 0.05) is 31.4 Å². The molecule has 0 fully saturated rings. The number of benzene rings is 1. The lowest BCUT2D eigenvalue weighted by Crippen LogP contribution is -2.12. The zero-order valence-corrected chi connectivity index (χ0v) is 18.3. The van der Waals surface area contributed by atoms with Gasteiger partial charge in [-0.15, -0.1) is 11.3 Å². The van der Waals surface area contributed by atoms with Crippen molar-refractivity contribution in [3.05, 3.63) is 69.6 Å². The summed E-state index contributed by atoms with van der Waals surface area (Å²) >= 11 is 0.263. The topological polar surface area (TPSA) is 112 Å². The molecule has 0 radical (unpaired) electrons. The smallest absolute Gasteiger partial charge is 0.365 e. The molecule has 0 saturated carbocycles. The van der Waals surface area contributed by atoms with E-state index in [9.17, 15) is 18.0 Å². The van der Waals surface area contributed by atoms with Crippen molar-refractivity contribution in [2.45, 2.75) is 19.5 Å². The minimum absolute atomic E-state index is 0.0145. The molecule has 3 heterocycles. The van der Waals surface area contributed by atoms with Gasteiger partial charge < -0.3 is 11.1 Å². The first-order valence-electron chi connectivity index (χ1n) is 9.65. The second-order valence-electron chi connectivity index (χ2n) is 7.27. The van der Waals surface area contributed by atoms with Crippen LogP contribution in [-0.2, 0) is 19.6 Å². The van der Waals surface area contributed by atoms with Gasteiger partial charge in [-0.1, -0.05) is 12.1 Å². The first kappa shape index (κ1) is 22.4. The van der Waals surface area contributed by atoms with Crippen molar-refractivity contribution in [1.82, 2.24) is 24.7 Å². The Labute approximate surface area is 190 Å². The van der Waals surface area contributed by atoms with Gasteiger partial charge in [0.1, 0.15) is 4.88 Å². The van der Waals surface area contributed by atoms with Crippen molar-refractivity contribution >= 4 is 28.9 Å². The van der Waals surface area contributed by atoms with Crippen molar-refractivity contribution in [2.24, 2.45) is 12.8 Å². The van der Waals surface area contributed by atoms with Crippen LogP contribution in [0.4, 0.5) is 24.8 Å². The number of nitrogens with one attached hydrogen (secondary N) is 1. The first-order chi connectivity index (χ1) is 15.6. The molecule has 1 amide bonds. The molecule has 0 aliphatic heterocycles. The Morgan fingerprint density at radius 3 is 2.67 bits per heavy atom. The van der Waals surface area contributed by atoms with Crippen LogP contribution in [-0.4, -0.2) is 30.6 Å². The van der Waals surface area contributed by atoms with Crippen LogP contribution in [0.3, 0.4) is 0 Å². The van der Waals surface area contributed by atoms with Crippen LogP contribution in [0.5, 0.6) is 0 Å². The van der Waals surface area contributed by atoms with E-state index in [0.29, 0.717) is 11.6 Å². The molecule has 33 heavy (non-hydrogen) atoms. The number of nitrogens with two attached hydrogens (primary N) is 1. The van der Waals surface area contributed by atoms with Gasteiger partial charge >= 0.3 is 6.18 Å². The largest absolute Gasteiger partial charge is 0.443 e. The Kier molecular flexibility index (Phi) is 5.85. The van der Waals surface area contributed by atoms with E-state index >= 15 is 0 Å². The number of amides is 1. The summed E-state index contributed by atoms with van der Waals surface area (Å²) in [6.45, 7) is 1.83. The van der Waals surface area contributed by atoms with E-state index in [-0.39, 0.29) is 28.3 Å². The summed E-state index contributed by atoms with van der Waals surface area (Å²) in [5.41, 5.74) is 9.03. The van der Waals surface area contributed by atoms with Crippen LogP contribution in [0.1, 0.15) is 31.5 Å². The average molecular weight is 473 g/mol. The molecule has 12 heteroatoms. The molecule has 0 atom stereocenters. The lowest BCUT2D eigenvalue weighted by Gasteiger charge is -2.09. The summed E-state index contributed by atoms with van der Waals surface area (Å²) in [5, 5.41) is 6.07. The van der Waals surface area contributed by atoms with Crippen LogP contribution >= 0.6 is 11.3 Å². The Balaban J connectivity index is 1.59. The van der Waals surface area contributed by atoms with Crippen molar-refractivity contribution in [3.63, 3.8) is 0 Å². The molecule has 3 N–H and O–H groups in total. The Morgan fingerprint density at radius 2 is 2.03 bits per heavy atom. The number of primary amides is 1. The van der Waals surface area contributed by atoms with E-state index in [1.807, 2.05) is 13.0 Å². The van der Waals surface area contributed by atoms with E-state index in [0.717, 1.165) is 22.4 Å². The monoisotopic (exact) mass is 473 g/mol. The number of nitrogens with zero attached hydrogens (tertiary/aromatic N) is 5. The second-order valence-corrected chi connectivity index (χ2v) is 8.27. The minimum atomic E-state index is -4.64. The lowest BCUT2D eigenvalue weighted by molar-refractivity contribution is -0.137. The molecule has 8 nitrogen and oxygen atoms in total. The lowest BCUT2D eigenvalue weighted by atomic mass is 9.99. The maximum Gasteiger partial charge on any atom is 0.443 e. The molecule has 4 rings (SSSR count). The fourth-order valence-electron chi connectivity index (χ4n) is 3.21. The second kappa shape index (κ2) is 8.62. The summed E-state index contributed by atoms with van der Waals surface area (Å²) in [6.07, 6.45) is 0.475. The zero-order chi connectivity index (χ0) is 23.8. The van der Waals surface area contributed by atoms with Crippen molar-refractivity contribution < 1.29 is 18.0 Å². The third-order valence-electron chi connectivity index (χ3n) is 4.78. The molecule has 3 aromatic heterocycles. The van der Waals surface area contributed by atoms with Gasteiger partial charge in [-0.2, -0.15) is 18.3 Å². The highest BCUT2D eigenvalue weighted by Crippen LogP contribution is 2.35. The number of thiazole rings is 1. The van der Waals surface area contributed by atoms with E-state index in [4.69, 9.17) is 5.73 Å². The highest BCUT2D eigenvalue weighted by molar-refractivity contribution is 7.13. The number of anilines is 2. The molecular weight excluding hydrogens is 455 g/mol. The van der Waals surface area contributed by atoms with E-state index in [1.54, 1.807) is 48.5 Å². The van der Waals surface area contributed by atoms with Crippen LogP contribution in [0, 0.1) is 6.92 Å². The van der Waals surface area contributed by atoms with Crippen LogP contribution in [0.2, 0.25) is 0 Å². The first-order valence-corrected chi connectivity index (χ1v) is 10.5. The Morgan fingerprint density at radius 1 is 1.24 bits per heavy atom. The molecule has 4 aromatic rings. The average Bonchev–Trinajstić information content (AvgIpc) is 3.36. The van der Waals surface area contributed by atoms with Crippen molar-refractivity contribution in [1.29, 1.82) is 0 Å². The van der Waals surface area contributed by atoms with E-state index in [2.05, 4.69) is 25.4 Å². The summed E-state index contributed by atoms with van der Waals surface area (Å²) in [5.74, 6) is -0.530.